The smallest absolute Gasteiger partial charge is 0.177 e. The van der Waals surface area contributed by atoms with Gasteiger partial charge in [0.05, 0.1) is 11.3 Å². The molecule has 1 spiro atoms. The quantitative estimate of drug-likeness (QED) is 0.414. The lowest BCUT2D eigenvalue weighted by Crippen LogP contribution is -2.57. The SMILES string of the molecule is CC[C@]12CCC3C(C[C@@H](CO)C4=C/C(=N/O)CC[C@@H]43)C1[C@@H]1C[C@@H]1[C@@]21C=CC(OC)O1. The molecule has 0 radical (unpaired) electrons. The monoisotopic (exact) mass is 413 g/mol. The van der Waals surface area contributed by atoms with Gasteiger partial charge in [-0.05, 0) is 92.6 Å². The third kappa shape index (κ3) is 2.27. The summed E-state index contributed by atoms with van der Waals surface area (Å²) in [5.41, 5.74) is 2.21. The average Bonchev–Trinajstić information content (AvgIpc) is 3.40. The zero-order valence-corrected chi connectivity index (χ0v) is 18.2. The predicted octanol–water partition coefficient (Wildman–Crippen LogP) is 4.15. The van der Waals surface area contributed by atoms with E-state index in [0.29, 0.717) is 29.6 Å². The molecule has 5 heteroatoms. The van der Waals surface area contributed by atoms with Gasteiger partial charge in [0.25, 0.3) is 0 Å². The van der Waals surface area contributed by atoms with Gasteiger partial charge in [-0.15, -0.1) is 0 Å². The summed E-state index contributed by atoms with van der Waals surface area (Å²) >= 11 is 0. The van der Waals surface area contributed by atoms with E-state index in [0.717, 1.165) is 37.3 Å². The van der Waals surface area contributed by atoms with E-state index in [9.17, 15) is 10.3 Å². The number of ether oxygens (including phenoxy) is 2. The highest BCUT2D eigenvalue weighted by molar-refractivity contribution is 5.96. The summed E-state index contributed by atoms with van der Waals surface area (Å²) < 4.78 is 12.3. The number of fused-ring (bicyclic) bond motifs is 9. The van der Waals surface area contributed by atoms with Crippen LogP contribution in [-0.2, 0) is 9.47 Å². The van der Waals surface area contributed by atoms with Crippen molar-refractivity contribution in [1.82, 2.24) is 0 Å². The average molecular weight is 414 g/mol. The number of allylic oxidation sites excluding steroid dienone is 1. The van der Waals surface area contributed by atoms with Crippen LogP contribution in [0.1, 0.15) is 51.9 Å². The molecule has 0 saturated heterocycles. The van der Waals surface area contributed by atoms with Crippen molar-refractivity contribution in [2.75, 3.05) is 13.7 Å². The number of rotatable bonds is 3. The molecule has 164 valence electrons. The van der Waals surface area contributed by atoms with Crippen LogP contribution < -0.4 is 0 Å². The van der Waals surface area contributed by atoms with Crippen molar-refractivity contribution in [2.45, 2.75) is 63.8 Å². The van der Waals surface area contributed by atoms with E-state index in [1.54, 1.807) is 7.11 Å². The van der Waals surface area contributed by atoms with Crippen LogP contribution in [0.15, 0.2) is 29.0 Å². The minimum atomic E-state index is -0.202. The Morgan fingerprint density at radius 1 is 1.23 bits per heavy atom. The Balaban J connectivity index is 1.39. The van der Waals surface area contributed by atoms with Crippen LogP contribution in [0.4, 0.5) is 0 Å². The summed E-state index contributed by atoms with van der Waals surface area (Å²) in [6.07, 6.45) is 14.4. The van der Waals surface area contributed by atoms with Crippen LogP contribution in [0, 0.1) is 46.8 Å². The first-order valence-electron chi connectivity index (χ1n) is 12.1. The van der Waals surface area contributed by atoms with E-state index in [4.69, 9.17) is 9.47 Å². The molecule has 6 aliphatic rings. The molecule has 5 nitrogen and oxygen atoms in total. The summed E-state index contributed by atoms with van der Waals surface area (Å²) in [7, 11) is 1.74. The summed E-state index contributed by atoms with van der Waals surface area (Å²) in [6.45, 7) is 2.58. The predicted molar refractivity (Wildman–Crippen MR) is 113 cm³/mol. The van der Waals surface area contributed by atoms with Gasteiger partial charge in [0.2, 0.25) is 0 Å². The molecule has 4 unspecified atom stereocenters. The van der Waals surface area contributed by atoms with Crippen molar-refractivity contribution < 1.29 is 19.8 Å². The minimum absolute atomic E-state index is 0.142. The first kappa shape index (κ1) is 19.5. The van der Waals surface area contributed by atoms with Crippen LogP contribution in [0.3, 0.4) is 0 Å². The Bertz CT molecular complexity index is 820. The van der Waals surface area contributed by atoms with Crippen LogP contribution in [0.5, 0.6) is 0 Å². The molecule has 30 heavy (non-hydrogen) atoms. The lowest BCUT2D eigenvalue weighted by molar-refractivity contribution is -0.211. The first-order valence-corrected chi connectivity index (χ1v) is 12.1. The van der Waals surface area contributed by atoms with Crippen LogP contribution >= 0.6 is 0 Å². The minimum Gasteiger partial charge on any atom is -0.411 e. The lowest BCUT2D eigenvalue weighted by Gasteiger charge is -2.59. The number of methoxy groups -OCH3 is 1. The van der Waals surface area contributed by atoms with Gasteiger partial charge >= 0.3 is 0 Å². The van der Waals surface area contributed by atoms with Crippen molar-refractivity contribution in [1.29, 1.82) is 0 Å². The second kappa shape index (κ2) is 6.66. The third-order valence-corrected chi connectivity index (χ3v) is 10.2. The van der Waals surface area contributed by atoms with Crippen molar-refractivity contribution in [2.24, 2.45) is 52.0 Å². The molecular weight excluding hydrogens is 378 g/mol. The molecule has 0 bridgehead atoms. The maximum atomic E-state index is 10.3. The van der Waals surface area contributed by atoms with Gasteiger partial charge in [-0.3, -0.25) is 0 Å². The Labute approximate surface area is 179 Å². The molecule has 2 N–H and O–H groups in total. The Hall–Kier alpha value is -1.17. The summed E-state index contributed by atoms with van der Waals surface area (Å²) in [6, 6.07) is 0. The Kier molecular flexibility index (Phi) is 4.33. The molecule has 0 aromatic carbocycles. The second-order valence-corrected chi connectivity index (χ2v) is 10.8. The standard InChI is InChI=1S/C25H35NO4/c1-3-24-8-6-17-16-5-4-15(26-28)11-18(16)14(13-27)10-19(17)23(24)20-12-21(20)25(24)9-7-22(29-2)30-25/h7,9,11,14,16-17,19-23,27-28H,3-6,8,10,12-13H2,1-2H3/b26-15+/t14-,16+,17?,19?,20+,21-,22?,23?,24-,25-/m0/s1. The van der Waals surface area contributed by atoms with Crippen LogP contribution in [0.2, 0.25) is 0 Å². The van der Waals surface area contributed by atoms with Crippen molar-refractivity contribution in [3.8, 4) is 0 Å². The molecule has 4 fully saturated rings. The molecule has 1 heterocycles. The Morgan fingerprint density at radius 3 is 2.80 bits per heavy atom. The zero-order chi connectivity index (χ0) is 20.7. The van der Waals surface area contributed by atoms with Gasteiger partial charge in [0.1, 0.15) is 0 Å². The summed E-state index contributed by atoms with van der Waals surface area (Å²) in [5.74, 6) is 4.21. The van der Waals surface area contributed by atoms with Gasteiger partial charge in [-0.2, -0.15) is 0 Å². The number of aliphatic hydroxyl groups is 1. The highest BCUT2D eigenvalue weighted by Crippen LogP contribution is 2.79. The van der Waals surface area contributed by atoms with Gasteiger partial charge < -0.3 is 19.8 Å². The van der Waals surface area contributed by atoms with E-state index < -0.39 is 0 Å². The van der Waals surface area contributed by atoms with E-state index in [2.05, 4.69) is 30.3 Å². The van der Waals surface area contributed by atoms with Crippen LogP contribution in [0.25, 0.3) is 0 Å². The first-order chi connectivity index (χ1) is 14.6. The maximum absolute atomic E-state index is 10.3. The highest BCUT2D eigenvalue weighted by Gasteiger charge is 2.78. The van der Waals surface area contributed by atoms with E-state index in [-0.39, 0.29) is 29.8 Å². The second-order valence-electron chi connectivity index (χ2n) is 10.8. The molecule has 0 amide bonds. The largest absolute Gasteiger partial charge is 0.411 e. The van der Waals surface area contributed by atoms with Gasteiger partial charge in [-0.25, -0.2) is 0 Å². The molecule has 1 aliphatic heterocycles. The van der Waals surface area contributed by atoms with Gasteiger partial charge in [0.15, 0.2) is 6.29 Å². The molecule has 6 rings (SSSR count). The van der Waals surface area contributed by atoms with Crippen LogP contribution in [-0.4, -0.2) is 41.6 Å². The number of aliphatic hydroxyl groups excluding tert-OH is 1. The van der Waals surface area contributed by atoms with Gasteiger partial charge in [-0.1, -0.05) is 23.7 Å². The number of hydrogen-bond acceptors (Lipinski definition) is 5. The lowest BCUT2D eigenvalue weighted by atomic mass is 9.46. The highest BCUT2D eigenvalue weighted by atomic mass is 16.7. The topological polar surface area (TPSA) is 71.3 Å². The van der Waals surface area contributed by atoms with Crippen molar-refractivity contribution >= 4 is 5.71 Å². The molecular formula is C25H35NO4. The number of hydrogen-bond donors (Lipinski definition) is 2. The van der Waals surface area contributed by atoms with Gasteiger partial charge in [0, 0.05) is 25.0 Å². The third-order valence-electron chi connectivity index (χ3n) is 10.2. The fourth-order valence-corrected chi connectivity index (χ4v) is 9.21. The van der Waals surface area contributed by atoms with E-state index in [1.165, 1.54) is 24.8 Å². The number of oxime groups is 1. The maximum Gasteiger partial charge on any atom is 0.177 e. The fraction of sp³-hybridized carbons (Fsp3) is 0.800. The number of nitrogens with zero attached hydrogens (tertiary/aromatic N) is 1. The zero-order valence-electron chi connectivity index (χ0n) is 18.2. The fourth-order valence-electron chi connectivity index (χ4n) is 9.21. The van der Waals surface area contributed by atoms with Crippen molar-refractivity contribution in [3.63, 3.8) is 0 Å². The van der Waals surface area contributed by atoms with E-state index >= 15 is 0 Å². The van der Waals surface area contributed by atoms with E-state index in [1.807, 2.05) is 0 Å². The molecule has 10 atom stereocenters. The molecule has 5 aliphatic carbocycles. The summed E-state index contributed by atoms with van der Waals surface area (Å²) in [4.78, 5) is 0. The molecule has 0 aromatic rings. The Morgan fingerprint density at radius 2 is 2.10 bits per heavy atom. The summed E-state index contributed by atoms with van der Waals surface area (Å²) in [5, 5.41) is 23.1. The molecule has 4 saturated carbocycles. The molecule has 0 aromatic heterocycles. The van der Waals surface area contributed by atoms with Crippen molar-refractivity contribution in [3.05, 3.63) is 23.8 Å². The normalized spacial score (nSPS) is 54.5.